The van der Waals surface area contributed by atoms with Crippen LogP contribution in [0.25, 0.3) is 0 Å². The van der Waals surface area contributed by atoms with Crippen molar-refractivity contribution in [2.75, 3.05) is 26.6 Å². The summed E-state index contributed by atoms with van der Waals surface area (Å²) in [5.74, 6) is 1.17. The lowest BCUT2D eigenvalue weighted by molar-refractivity contribution is -0.133. The zero-order chi connectivity index (χ0) is 19.1. The molecule has 26 heavy (non-hydrogen) atoms. The predicted octanol–water partition coefficient (Wildman–Crippen LogP) is 2.82. The normalized spacial score (nSPS) is 10.0. The molecule has 0 fully saturated rings. The quantitative estimate of drug-likeness (QED) is 0.605. The maximum Gasteiger partial charge on any atom is 0.315 e. The fraction of sp³-hybridized carbons (Fsp3) is 0.263. The van der Waals surface area contributed by atoms with E-state index in [1.165, 1.54) is 28.3 Å². The molecule has 0 aliphatic rings. The molecule has 2 aromatic rings. The van der Waals surface area contributed by atoms with Crippen LogP contribution in [0.2, 0.25) is 0 Å². The van der Waals surface area contributed by atoms with Crippen LogP contribution < -0.4 is 24.3 Å². The first-order chi connectivity index (χ1) is 12.5. The lowest BCUT2D eigenvalue weighted by atomic mass is 10.1. The number of hydrogen-bond acceptors (Lipinski definition) is 6. The molecule has 0 bridgehead atoms. The highest BCUT2D eigenvalue weighted by Crippen LogP contribution is 2.38. The van der Waals surface area contributed by atoms with Gasteiger partial charge in [0.25, 0.3) is 0 Å². The number of amides is 1. The first-order valence-corrected chi connectivity index (χ1v) is 7.84. The van der Waals surface area contributed by atoms with Gasteiger partial charge in [0.2, 0.25) is 11.7 Å². The highest BCUT2D eigenvalue weighted by atomic mass is 16.5. The first kappa shape index (κ1) is 19.1. The number of methoxy groups -OCH3 is 3. The highest BCUT2D eigenvalue weighted by Gasteiger charge is 2.15. The number of ether oxygens (including phenoxy) is 4. The van der Waals surface area contributed by atoms with Crippen LogP contribution in [0.1, 0.15) is 12.5 Å². The van der Waals surface area contributed by atoms with Gasteiger partial charge in [-0.25, -0.2) is 0 Å². The van der Waals surface area contributed by atoms with E-state index in [0.717, 1.165) is 0 Å². The zero-order valence-electron chi connectivity index (χ0n) is 15.1. The fourth-order valence-electron chi connectivity index (χ4n) is 2.38. The second-order valence-corrected chi connectivity index (χ2v) is 5.39. The molecule has 138 valence electrons. The number of hydrogen-bond donors (Lipinski definition) is 1. The Bertz CT molecular complexity index is 760. The standard InChI is InChI=1S/C19H21NO6/c1-12(21)20-14-5-7-15(8-6-14)26-18(22)11-13-9-16(23-2)19(25-4)17(10-13)24-3/h5-10H,11H2,1-4H3,(H,20,21). The van der Waals surface area contributed by atoms with Gasteiger partial charge >= 0.3 is 5.97 Å². The van der Waals surface area contributed by atoms with E-state index in [4.69, 9.17) is 18.9 Å². The van der Waals surface area contributed by atoms with E-state index in [9.17, 15) is 9.59 Å². The van der Waals surface area contributed by atoms with Gasteiger partial charge in [-0.2, -0.15) is 0 Å². The number of benzene rings is 2. The molecule has 2 aromatic carbocycles. The van der Waals surface area contributed by atoms with Crippen molar-refractivity contribution < 1.29 is 28.5 Å². The highest BCUT2D eigenvalue weighted by molar-refractivity contribution is 5.88. The summed E-state index contributed by atoms with van der Waals surface area (Å²) in [6.45, 7) is 1.42. The minimum atomic E-state index is -0.438. The van der Waals surface area contributed by atoms with Crippen LogP contribution in [0, 0.1) is 0 Å². The van der Waals surface area contributed by atoms with Crippen molar-refractivity contribution in [3.05, 3.63) is 42.0 Å². The van der Waals surface area contributed by atoms with Gasteiger partial charge in [-0.1, -0.05) is 0 Å². The van der Waals surface area contributed by atoms with E-state index in [1.807, 2.05) is 0 Å². The molecule has 7 heteroatoms. The molecule has 0 aliphatic carbocycles. The van der Waals surface area contributed by atoms with Gasteiger partial charge in [0.1, 0.15) is 5.75 Å². The Labute approximate surface area is 151 Å². The molecule has 0 radical (unpaired) electrons. The summed E-state index contributed by atoms with van der Waals surface area (Å²) >= 11 is 0. The van der Waals surface area contributed by atoms with Crippen LogP contribution in [-0.2, 0) is 16.0 Å². The van der Waals surface area contributed by atoms with Gasteiger partial charge < -0.3 is 24.3 Å². The second-order valence-electron chi connectivity index (χ2n) is 5.39. The summed E-state index contributed by atoms with van der Waals surface area (Å²) in [5, 5.41) is 2.64. The molecular weight excluding hydrogens is 338 g/mol. The average molecular weight is 359 g/mol. The summed E-state index contributed by atoms with van der Waals surface area (Å²) in [6.07, 6.45) is 0.0319. The number of anilines is 1. The maximum absolute atomic E-state index is 12.2. The minimum Gasteiger partial charge on any atom is -0.493 e. The van der Waals surface area contributed by atoms with Crippen LogP contribution in [0.4, 0.5) is 5.69 Å². The van der Waals surface area contributed by atoms with Crippen molar-refractivity contribution in [3.8, 4) is 23.0 Å². The average Bonchev–Trinajstić information content (AvgIpc) is 2.61. The third-order valence-corrected chi connectivity index (χ3v) is 3.48. The third kappa shape index (κ3) is 4.89. The van der Waals surface area contributed by atoms with Gasteiger partial charge in [0.15, 0.2) is 11.5 Å². The smallest absolute Gasteiger partial charge is 0.315 e. The molecule has 0 aromatic heterocycles. The molecule has 0 unspecified atom stereocenters. The van der Waals surface area contributed by atoms with Crippen molar-refractivity contribution in [2.24, 2.45) is 0 Å². The summed E-state index contributed by atoms with van der Waals surface area (Å²) < 4.78 is 21.1. The third-order valence-electron chi connectivity index (χ3n) is 3.48. The second kappa shape index (κ2) is 8.75. The minimum absolute atomic E-state index is 0.0319. The Morgan fingerprint density at radius 2 is 1.50 bits per heavy atom. The lowest BCUT2D eigenvalue weighted by Gasteiger charge is -2.14. The maximum atomic E-state index is 12.2. The Morgan fingerprint density at radius 1 is 0.923 bits per heavy atom. The lowest BCUT2D eigenvalue weighted by Crippen LogP contribution is -2.12. The topological polar surface area (TPSA) is 83.1 Å². The predicted molar refractivity (Wildman–Crippen MR) is 96.2 cm³/mol. The summed E-state index contributed by atoms with van der Waals surface area (Å²) in [7, 11) is 4.53. The van der Waals surface area contributed by atoms with Crippen molar-refractivity contribution in [1.29, 1.82) is 0 Å². The molecule has 7 nitrogen and oxygen atoms in total. The Morgan fingerprint density at radius 3 is 1.96 bits per heavy atom. The Kier molecular flexibility index (Phi) is 6.43. The van der Waals surface area contributed by atoms with E-state index in [1.54, 1.807) is 36.4 Å². The van der Waals surface area contributed by atoms with Crippen LogP contribution in [0.5, 0.6) is 23.0 Å². The van der Waals surface area contributed by atoms with E-state index in [0.29, 0.717) is 34.2 Å². The van der Waals surface area contributed by atoms with E-state index in [-0.39, 0.29) is 12.3 Å². The molecule has 0 atom stereocenters. The number of carbonyl (C=O) groups is 2. The summed E-state index contributed by atoms with van der Waals surface area (Å²) in [6, 6.07) is 9.93. The number of rotatable bonds is 7. The molecule has 0 aliphatic heterocycles. The summed E-state index contributed by atoms with van der Waals surface area (Å²) in [5.41, 5.74) is 1.29. The van der Waals surface area contributed by atoms with Crippen molar-refractivity contribution in [3.63, 3.8) is 0 Å². The van der Waals surface area contributed by atoms with Gasteiger partial charge in [0.05, 0.1) is 27.8 Å². The van der Waals surface area contributed by atoms with Crippen LogP contribution >= 0.6 is 0 Å². The van der Waals surface area contributed by atoms with Gasteiger partial charge in [-0.05, 0) is 42.0 Å². The molecule has 0 spiro atoms. The molecule has 0 saturated heterocycles. The Hall–Kier alpha value is -3.22. The van der Waals surface area contributed by atoms with Crippen molar-refractivity contribution in [1.82, 2.24) is 0 Å². The Balaban J connectivity index is 2.08. The zero-order valence-corrected chi connectivity index (χ0v) is 15.1. The monoisotopic (exact) mass is 359 g/mol. The molecule has 1 amide bonds. The van der Waals surface area contributed by atoms with E-state index in [2.05, 4.69) is 5.32 Å². The first-order valence-electron chi connectivity index (χ1n) is 7.84. The largest absolute Gasteiger partial charge is 0.493 e. The SMILES string of the molecule is COc1cc(CC(=O)Oc2ccc(NC(C)=O)cc2)cc(OC)c1OC. The van der Waals surface area contributed by atoms with Crippen molar-refractivity contribution >= 4 is 17.6 Å². The van der Waals surface area contributed by atoms with Crippen molar-refractivity contribution in [2.45, 2.75) is 13.3 Å². The van der Waals surface area contributed by atoms with Crippen LogP contribution in [0.15, 0.2) is 36.4 Å². The van der Waals surface area contributed by atoms with Gasteiger partial charge in [0, 0.05) is 12.6 Å². The molecule has 0 heterocycles. The van der Waals surface area contributed by atoms with Gasteiger partial charge in [-0.3, -0.25) is 9.59 Å². The van der Waals surface area contributed by atoms with Crippen LogP contribution in [0.3, 0.4) is 0 Å². The summed E-state index contributed by atoms with van der Waals surface area (Å²) in [4.78, 5) is 23.2. The fourth-order valence-corrected chi connectivity index (χ4v) is 2.38. The number of nitrogens with one attached hydrogen (secondary N) is 1. The number of carbonyl (C=O) groups excluding carboxylic acids is 2. The van der Waals surface area contributed by atoms with Gasteiger partial charge in [-0.15, -0.1) is 0 Å². The number of esters is 1. The molecular formula is C19H21NO6. The van der Waals surface area contributed by atoms with E-state index < -0.39 is 5.97 Å². The molecule has 1 N–H and O–H groups in total. The molecule has 2 rings (SSSR count). The molecule has 0 saturated carbocycles. The van der Waals surface area contributed by atoms with Crippen LogP contribution in [-0.4, -0.2) is 33.2 Å². The van der Waals surface area contributed by atoms with E-state index >= 15 is 0 Å².